The Morgan fingerprint density at radius 1 is 0.760 bits per heavy atom. The van der Waals surface area contributed by atoms with Gasteiger partial charge < -0.3 is 11.5 Å². The third-order valence-electron chi connectivity index (χ3n) is 6.85. The van der Waals surface area contributed by atoms with E-state index in [0.29, 0.717) is 11.8 Å². The minimum Gasteiger partial charge on any atom is -0.398 e. The van der Waals surface area contributed by atoms with Gasteiger partial charge in [0.25, 0.3) is 0 Å². The Balaban J connectivity index is 2.07. The molecule has 0 aliphatic heterocycles. The molecule has 1 aromatic carbocycles. The molecule has 2 saturated carbocycles. The first-order valence-corrected chi connectivity index (χ1v) is 10.8. The average Bonchev–Trinajstić information content (AvgIpc) is 2.65. The van der Waals surface area contributed by atoms with Crippen LogP contribution in [-0.4, -0.2) is 0 Å². The molecule has 0 saturated heterocycles. The molecule has 2 fully saturated rings. The lowest BCUT2D eigenvalue weighted by atomic mass is 9.74. The highest BCUT2D eigenvalue weighted by Gasteiger charge is 2.28. The third kappa shape index (κ3) is 3.83. The van der Waals surface area contributed by atoms with Gasteiger partial charge in [0.2, 0.25) is 0 Å². The Kier molecular flexibility index (Phi) is 6.30. The maximum atomic E-state index is 6.85. The summed E-state index contributed by atoms with van der Waals surface area (Å²) in [5.74, 6) is 1.28. The van der Waals surface area contributed by atoms with Crippen LogP contribution in [0.25, 0.3) is 0 Å². The van der Waals surface area contributed by atoms with E-state index in [-0.39, 0.29) is 0 Å². The molecule has 0 bridgehead atoms. The van der Waals surface area contributed by atoms with E-state index >= 15 is 0 Å². The number of nitrogen functional groups attached to an aromatic ring is 2. The molecule has 2 aliphatic carbocycles. The molecule has 2 heteroatoms. The maximum Gasteiger partial charge on any atom is 0.0405 e. The second-order valence-electron chi connectivity index (χ2n) is 8.53. The fraction of sp³-hybridized carbons (Fsp3) is 0.739. The summed E-state index contributed by atoms with van der Waals surface area (Å²) in [6, 6.07) is 0. The highest BCUT2D eigenvalue weighted by molar-refractivity contribution is 5.74. The predicted octanol–water partition coefficient (Wildman–Crippen LogP) is 6.60. The molecule has 1 aromatic rings. The van der Waals surface area contributed by atoms with Gasteiger partial charge >= 0.3 is 0 Å². The molecule has 0 heterocycles. The molecule has 3 rings (SSSR count). The smallest absolute Gasteiger partial charge is 0.0405 e. The largest absolute Gasteiger partial charge is 0.398 e. The molecule has 2 aliphatic rings. The van der Waals surface area contributed by atoms with Crippen LogP contribution >= 0.6 is 0 Å². The van der Waals surface area contributed by atoms with Crippen molar-refractivity contribution in [1.29, 1.82) is 0 Å². The Hall–Kier alpha value is -1.18. The van der Waals surface area contributed by atoms with Crippen molar-refractivity contribution in [3.8, 4) is 0 Å². The lowest BCUT2D eigenvalue weighted by Gasteiger charge is -2.32. The van der Waals surface area contributed by atoms with Crippen LogP contribution in [-0.2, 0) is 6.42 Å². The second-order valence-corrected chi connectivity index (χ2v) is 8.53. The summed E-state index contributed by atoms with van der Waals surface area (Å²) >= 11 is 0. The second kappa shape index (κ2) is 8.47. The molecule has 25 heavy (non-hydrogen) atoms. The number of nitrogens with two attached hydrogens (primary N) is 2. The average molecular weight is 343 g/mol. The summed E-state index contributed by atoms with van der Waals surface area (Å²) in [5, 5.41) is 0. The van der Waals surface area contributed by atoms with E-state index in [1.807, 2.05) is 0 Å². The van der Waals surface area contributed by atoms with Crippen LogP contribution in [0.1, 0.15) is 118 Å². The number of anilines is 2. The van der Waals surface area contributed by atoms with E-state index in [9.17, 15) is 0 Å². The molecule has 0 radical (unpaired) electrons. The summed E-state index contributed by atoms with van der Waals surface area (Å²) in [6.45, 7) is 4.56. The van der Waals surface area contributed by atoms with E-state index in [1.165, 1.54) is 93.7 Å². The van der Waals surface area contributed by atoms with Gasteiger partial charge in [-0.05, 0) is 74.0 Å². The molecule has 2 nitrogen and oxygen atoms in total. The minimum absolute atomic E-state index is 0.591. The summed E-state index contributed by atoms with van der Waals surface area (Å²) in [5.41, 5.74) is 21.4. The number of unbranched alkanes of at least 4 members (excludes halogenated alkanes) is 1. The van der Waals surface area contributed by atoms with Gasteiger partial charge in [-0.25, -0.2) is 0 Å². The maximum absolute atomic E-state index is 6.85. The summed E-state index contributed by atoms with van der Waals surface area (Å²) in [7, 11) is 0. The normalized spacial score (nSPS) is 20.1. The summed E-state index contributed by atoms with van der Waals surface area (Å²) in [4.78, 5) is 0. The lowest BCUT2D eigenvalue weighted by Crippen LogP contribution is -2.18. The Bertz CT molecular complexity index is 578. The third-order valence-corrected chi connectivity index (χ3v) is 6.85. The molecule has 0 aromatic heterocycles. The van der Waals surface area contributed by atoms with Gasteiger partial charge in [0.15, 0.2) is 0 Å². The van der Waals surface area contributed by atoms with E-state index < -0.39 is 0 Å². The number of rotatable bonds is 5. The molecule has 0 unspecified atom stereocenters. The van der Waals surface area contributed by atoms with Crippen LogP contribution in [0.2, 0.25) is 0 Å². The van der Waals surface area contributed by atoms with Crippen molar-refractivity contribution < 1.29 is 0 Å². The van der Waals surface area contributed by atoms with E-state index in [0.717, 1.165) is 17.8 Å². The first-order chi connectivity index (χ1) is 12.1. The van der Waals surface area contributed by atoms with Crippen LogP contribution in [0.15, 0.2) is 0 Å². The van der Waals surface area contributed by atoms with Crippen LogP contribution in [0.3, 0.4) is 0 Å². The Morgan fingerprint density at radius 2 is 1.28 bits per heavy atom. The Labute approximate surface area is 154 Å². The number of benzene rings is 1. The highest BCUT2D eigenvalue weighted by atomic mass is 14.7. The quantitative estimate of drug-likeness (QED) is 0.592. The fourth-order valence-corrected chi connectivity index (χ4v) is 5.42. The van der Waals surface area contributed by atoms with Gasteiger partial charge in [-0.2, -0.15) is 0 Å². The SMILES string of the molecule is CCCCc1c(N)c(C2CCCCC2)c(N)c(C)c1C1CCCCC1. The van der Waals surface area contributed by atoms with Crippen molar-refractivity contribution >= 4 is 11.4 Å². The van der Waals surface area contributed by atoms with Gasteiger partial charge in [0.05, 0.1) is 0 Å². The molecular weight excluding hydrogens is 304 g/mol. The van der Waals surface area contributed by atoms with Gasteiger partial charge in [-0.1, -0.05) is 51.9 Å². The number of hydrogen-bond donors (Lipinski definition) is 2. The topological polar surface area (TPSA) is 52.0 Å². The molecule has 140 valence electrons. The van der Waals surface area contributed by atoms with Crippen molar-refractivity contribution in [2.45, 2.75) is 109 Å². The van der Waals surface area contributed by atoms with Crippen LogP contribution < -0.4 is 11.5 Å². The van der Waals surface area contributed by atoms with Gasteiger partial charge in [0.1, 0.15) is 0 Å². The van der Waals surface area contributed by atoms with Gasteiger partial charge in [0, 0.05) is 16.9 Å². The summed E-state index contributed by atoms with van der Waals surface area (Å²) in [6.07, 6.45) is 16.9. The van der Waals surface area contributed by atoms with Gasteiger partial charge in [-0.3, -0.25) is 0 Å². The summed E-state index contributed by atoms with van der Waals surface area (Å²) < 4.78 is 0. The van der Waals surface area contributed by atoms with Crippen molar-refractivity contribution in [2.75, 3.05) is 11.5 Å². The van der Waals surface area contributed by atoms with E-state index in [1.54, 1.807) is 5.56 Å². The fourth-order valence-electron chi connectivity index (χ4n) is 5.42. The lowest BCUT2D eigenvalue weighted by molar-refractivity contribution is 0.437. The first-order valence-electron chi connectivity index (χ1n) is 10.8. The molecule has 0 atom stereocenters. The molecule has 0 spiro atoms. The van der Waals surface area contributed by atoms with Crippen molar-refractivity contribution in [2.24, 2.45) is 0 Å². The zero-order valence-electron chi connectivity index (χ0n) is 16.5. The zero-order valence-corrected chi connectivity index (χ0v) is 16.5. The van der Waals surface area contributed by atoms with Crippen molar-refractivity contribution in [3.05, 3.63) is 22.3 Å². The van der Waals surface area contributed by atoms with Crippen LogP contribution in [0, 0.1) is 6.92 Å². The molecule has 4 N–H and O–H groups in total. The zero-order chi connectivity index (χ0) is 17.8. The van der Waals surface area contributed by atoms with Crippen LogP contribution in [0.5, 0.6) is 0 Å². The predicted molar refractivity (Wildman–Crippen MR) is 110 cm³/mol. The minimum atomic E-state index is 0.591. The first kappa shape index (κ1) is 18.6. The molecular formula is C23H38N2. The number of hydrogen-bond acceptors (Lipinski definition) is 2. The Morgan fingerprint density at radius 3 is 1.80 bits per heavy atom. The van der Waals surface area contributed by atoms with Gasteiger partial charge in [-0.15, -0.1) is 0 Å². The van der Waals surface area contributed by atoms with E-state index in [4.69, 9.17) is 11.5 Å². The van der Waals surface area contributed by atoms with Crippen LogP contribution in [0.4, 0.5) is 11.4 Å². The van der Waals surface area contributed by atoms with Crippen molar-refractivity contribution in [1.82, 2.24) is 0 Å². The van der Waals surface area contributed by atoms with Crippen molar-refractivity contribution in [3.63, 3.8) is 0 Å². The standard InChI is InChI=1S/C23H38N2/c1-3-4-15-19-20(17-11-7-5-8-12-17)16(2)22(24)21(23(19)25)18-13-9-6-10-14-18/h17-18H,3-15,24-25H2,1-2H3. The van der Waals surface area contributed by atoms with E-state index in [2.05, 4.69) is 13.8 Å². The highest BCUT2D eigenvalue weighted by Crippen LogP contribution is 2.47. The monoisotopic (exact) mass is 342 g/mol. The molecule has 0 amide bonds.